The Morgan fingerprint density at radius 3 is 2.79 bits per heavy atom. The summed E-state index contributed by atoms with van der Waals surface area (Å²) in [5.74, 6) is 0.767. The van der Waals surface area contributed by atoms with Gasteiger partial charge in [-0.15, -0.1) is 0 Å². The lowest BCUT2D eigenvalue weighted by atomic mass is 10.1. The van der Waals surface area contributed by atoms with Crippen molar-refractivity contribution in [3.8, 4) is 0 Å². The zero-order valence-electron chi connectivity index (χ0n) is 8.41. The molecule has 1 aromatic carbocycles. The van der Waals surface area contributed by atoms with E-state index >= 15 is 0 Å². The monoisotopic (exact) mass is 203 g/mol. The molecule has 72 valence electrons. The number of fused-ring (bicyclic) bond motifs is 1. The number of thiol groups is 1. The van der Waals surface area contributed by atoms with Gasteiger partial charge >= 0.3 is 0 Å². The SMILES string of the molecule is Cc1cc(CS)c2cccc(C)c2n1. The first-order valence-electron chi connectivity index (χ1n) is 4.69. The van der Waals surface area contributed by atoms with Crippen LogP contribution < -0.4 is 0 Å². The number of hydrogen-bond acceptors (Lipinski definition) is 2. The number of nitrogens with zero attached hydrogens (tertiary/aromatic N) is 1. The van der Waals surface area contributed by atoms with Crippen LogP contribution in [0.5, 0.6) is 0 Å². The molecule has 0 aliphatic rings. The molecule has 2 aromatic rings. The molecule has 14 heavy (non-hydrogen) atoms. The second kappa shape index (κ2) is 3.62. The Balaban J connectivity index is 2.87. The first-order chi connectivity index (χ1) is 6.72. The summed E-state index contributed by atoms with van der Waals surface area (Å²) < 4.78 is 0. The molecule has 0 N–H and O–H groups in total. The second-order valence-corrected chi connectivity index (χ2v) is 3.87. The molecule has 0 atom stereocenters. The molecule has 2 rings (SSSR count). The molecule has 0 radical (unpaired) electrons. The molecule has 1 heterocycles. The fraction of sp³-hybridized carbons (Fsp3) is 0.250. The van der Waals surface area contributed by atoms with Crippen LogP contribution in [0.1, 0.15) is 16.8 Å². The number of aromatic nitrogens is 1. The Kier molecular flexibility index (Phi) is 2.46. The van der Waals surface area contributed by atoms with Gasteiger partial charge in [0.1, 0.15) is 0 Å². The summed E-state index contributed by atoms with van der Waals surface area (Å²) in [6.07, 6.45) is 0. The van der Waals surface area contributed by atoms with Crippen LogP contribution in [0, 0.1) is 13.8 Å². The highest BCUT2D eigenvalue weighted by molar-refractivity contribution is 7.79. The van der Waals surface area contributed by atoms with E-state index in [2.05, 4.69) is 48.8 Å². The predicted octanol–water partition coefficient (Wildman–Crippen LogP) is 3.28. The van der Waals surface area contributed by atoms with Gasteiger partial charge in [0.2, 0.25) is 0 Å². The van der Waals surface area contributed by atoms with E-state index in [1.54, 1.807) is 0 Å². The predicted molar refractivity (Wildman–Crippen MR) is 63.9 cm³/mol. The van der Waals surface area contributed by atoms with Crippen molar-refractivity contribution in [2.75, 3.05) is 0 Å². The highest BCUT2D eigenvalue weighted by Gasteiger charge is 2.03. The van der Waals surface area contributed by atoms with Gasteiger partial charge in [-0.05, 0) is 31.0 Å². The molecule has 1 nitrogen and oxygen atoms in total. The Morgan fingerprint density at radius 2 is 2.07 bits per heavy atom. The molecule has 0 aliphatic carbocycles. The summed E-state index contributed by atoms with van der Waals surface area (Å²) in [6, 6.07) is 8.38. The number of benzene rings is 1. The van der Waals surface area contributed by atoms with Gasteiger partial charge in [-0.3, -0.25) is 4.98 Å². The number of para-hydroxylation sites is 1. The van der Waals surface area contributed by atoms with E-state index in [-0.39, 0.29) is 0 Å². The van der Waals surface area contributed by atoms with E-state index in [0.29, 0.717) is 0 Å². The standard InChI is InChI=1S/C12H13NS/c1-8-4-3-5-11-10(7-14)6-9(2)13-12(8)11/h3-6,14H,7H2,1-2H3. The number of aryl methyl sites for hydroxylation is 2. The molecule has 0 unspecified atom stereocenters. The minimum Gasteiger partial charge on any atom is -0.253 e. The maximum Gasteiger partial charge on any atom is 0.0737 e. The zero-order chi connectivity index (χ0) is 10.1. The third-order valence-corrected chi connectivity index (χ3v) is 2.77. The van der Waals surface area contributed by atoms with Crippen LogP contribution in [0.25, 0.3) is 10.9 Å². The van der Waals surface area contributed by atoms with Crippen molar-refractivity contribution in [2.24, 2.45) is 0 Å². The van der Waals surface area contributed by atoms with Gasteiger partial charge in [0.25, 0.3) is 0 Å². The zero-order valence-corrected chi connectivity index (χ0v) is 9.31. The molecule has 0 aliphatic heterocycles. The van der Waals surface area contributed by atoms with Crippen molar-refractivity contribution in [3.05, 3.63) is 41.1 Å². The molecule has 2 heteroatoms. The van der Waals surface area contributed by atoms with Gasteiger partial charge in [0.15, 0.2) is 0 Å². The van der Waals surface area contributed by atoms with E-state index in [1.807, 2.05) is 6.92 Å². The summed E-state index contributed by atoms with van der Waals surface area (Å²) in [7, 11) is 0. The minimum absolute atomic E-state index is 0.767. The lowest BCUT2D eigenvalue weighted by molar-refractivity contribution is 1.22. The van der Waals surface area contributed by atoms with Crippen molar-refractivity contribution in [1.82, 2.24) is 4.98 Å². The smallest absolute Gasteiger partial charge is 0.0737 e. The fourth-order valence-corrected chi connectivity index (χ4v) is 2.00. The van der Waals surface area contributed by atoms with E-state index in [9.17, 15) is 0 Å². The molecule has 0 saturated heterocycles. The summed E-state index contributed by atoms with van der Waals surface area (Å²) in [5.41, 5.74) is 4.67. The third-order valence-electron chi connectivity index (χ3n) is 2.43. The summed E-state index contributed by atoms with van der Waals surface area (Å²) in [5, 5.41) is 1.23. The summed E-state index contributed by atoms with van der Waals surface area (Å²) in [6.45, 7) is 4.12. The maximum atomic E-state index is 4.55. The molecule has 0 saturated carbocycles. The fourth-order valence-electron chi connectivity index (χ4n) is 1.74. The average molecular weight is 203 g/mol. The van der Waals surface area contributed by atoms with Crippen molar-refractivity contribution in [3.63, 3.8) is 0 Å². The lowest BCUT2D eigenvalue weighted by Gasteiger charge is -2.07. The van der Waals surface area contributed by atoms with Crippen LogP contribution in [-0.4, -0.2) is 4.98 Å². The molecule has 0 amide bonds. The van der Waals surface area contributed by atoms with Gasteiger partial charge in [-0.2, -0.15) is 12.6 Å². The summed E-state index contributed by atoms with van der Waals surface area (Å²) >= 11 is 4.34. The highest BCUT2D eigenvalue weighted by Crippen LogP contribution is 2.22. The summed E-state index contributed by atoms with van der Waals surface area (Å²) in [4.78, 5) is 4.55. The normalized spacial score (nSPS) is 10.8. The van der Waals surface area contributed by atoms with Crippen LogP contribution in [0.3, 0.4) is 0 Å². The number of hydrogen-bond donors (Lipinski definition) is 1. The first-order valence-corrected chi connectivity index (χ1v) is 5.32. The Bertz CT molecular complexity index is 477. The quantitative estimate of drug-likeness (QED) is 0.702. The maximum absolute atomic E-state index is 4.55. The number of rotatable bonds is 1. The topological polar surface area (TPSA) is 12.9 Å². The van der Waals surface area contributed by atoms with Gasteiger partial charge in [-0.25, -0.2) is 0 Å². The van der Waals surface area contributed by atoms with Crippen LogP contribution in [-0.2, 0) is 5.75 Å². The van der Waals surface area contributed by atoms with E-state index in [4.69, 9.17) is 0 Å². The van der Waals surface area contributed by atoms with Crippen molar-refractivity contribution in [1.29, 1.82) is 0 Å². The van der Waals surface area contributed by atoms with Crippen LogP contribution in [0.4, 0.5) is 0 Å². The molecule has 0 fully saturated rings. The van der Waals surface area contributed by atoms with Crippen LogP contribution in [0.15, 0.2) is 24.3 Å². The van der Waals surface area contributed by atoms with Crippen molar-refractivity contribution < 1.29 is 0 Å². The van der Waals surface area contributed by atoms with Crippen LogP contribution >= 0.6 is 12.6 Å². The highest BCUT2D eigenvalue weighted by atomic mass is 32.1. The Hall–Kier alpha value is -1.02. The molecule has 0 spiro atoms. The first kappa shape index (κ1) is 9.53. The van der Waals surface area contributed by atoms with E-state index in [1.165, 1.54) is 16.5 Å². The van der Waals surface area contributed by atoms with E-state index < -0.39 is 0 Å². The molecule has 0 bridgehead atoms. The number of pyridine rings is 1. The van der Waals surface area contributed by atoms with Crippen molar-refractivity contribution in [2.45, 2.75) is 19.6 Å². The van der Waals surface area contributed by atoms with Gasteiger partial charge in [-0.1, -0.05) is 18.2 Å². The van der Waals surface area contributed by atoms with Gasteiger partial charge in [0, 0.05) is 16.8 Å². The second-order valence-electron chi connectivity index (χ2n) is 3.55. The molecular formula is C12H13NS. The Labute approximate surface area is 89.6 Å². The minimum atomic E-state index is 0.767. The Morgan fingerprint density at radius 1 is 1.29 bits per heavy atom. The third kappa shape index (κ3) is 1.50. The lowest BCUT2D eigenvalue weighted by Crippen LogP contribution is -1.91. The van der Waals surface area contributed by atoms with Crippen LogP contribution in [0.2, 0.25) is 0 Å². The molecular weight excluding hydrogens is 190 g/mol. The largest absolute Gasteiger partial charge is 0.253 e. The van der Waals surface area contributed by atoms with Gasteiger partial charge in [0.05, 0.1) is 5.52 Å². The average Bonchev–Trinajstić information content (AvgIpc) is 2.18. The van der Waals surface area contributed by atoms with E-state index in [0.717, 1.165) is 17.0 Å². The van der Waals surface area contributed by atoms with Crippen molar-refractivity contribution >= 4 is 23.5 Å². The molecule has 1 aromatic heterocycles. The van der Waals surface area contributed by atoms with Gasteiger partial charge < -0.3 is 0 Å².